The van der Waals surface area contributed by atoms with E-state index >= 15 is 0 Å². The van der Waals surface area contributed by atoms with Crippen LogP contribution in [0.2, 0.25) is 0 Å². The fraction of sp³-hybridized carbons (Fsp3) is 0.650. The number of benzene rings is 1. The molecule has 0 saturated carbocycles. The molecule has 134 valence electrons. The maximum atomic E-state index is 10.8. The number of hydrogen-bond donors (Lipinski definition) is 0. The molecule has 1 aromatic carbocycles. The minimum atomic E-state index is -0.507. The molecule has 4 nitrogen and oxygen atoms in total. The number of carbonyl (C=O) groups excluding carboxylic acids is 1. The quantitative estimate of drug-likeness (QED) is 0.365. The summed E-state index contributed by atoms with van der Waals surface area (Å²) < 4.78 is 15.5. The third-order valence-electron chi connectivity index (χ3n) is 4.33. The van der Waals surface area contributed by atoms with E-state index in [9.17, 15) is 4.79 Å². The van der Waals surface area contributed by atoms with Crippen LogP contribution in [0.5, 0.6) is 0 Å². The van der Waals surface area contributed by atoms with Crippen molar-refractivity contribution in [1.82, 2.24) is 0 Å². The summed E-state index contributed by atoms with van der Waals surface area (Å²) in [6.07, 6.45) is 10.3. The molecule has 0 amide bonds. The van der Waals surface area contributed by atoms with Crippen molar-refractivity contribution < 1.29 is 19.0 Å². The molecule has 1 aliphatic rings. The Balaban J connectivity index is 1.29. The van der Waals surface area contributed by atoms with Crippen molar-refractivity contribution in [3.8, 4) is 0 Å². The van der Waals surface area contributed by atoms with E-state index in [1.165, 1.54) is 44.1 Å². The predicted octanol–water partition coefficient (Wildman–Crippen LogP) is 5.25. The monoisotopic (exact) mass is 334 g/mol. The van der Waals surface area contributed by atoms with Gasteiger partial charge in [-0.05, 0) is 24.8 Å². The number of unbranched alkanes of at least 4 members (excludes halogenated alkanes) is 7. The maximum absolute atomic E-state index is 10.8. The third kappa shape index (κ3) is 8.34. The van der Waals surface area contributed by atoms with Gasteiger partial charge < -0.3 is 14.2 Å². The molecular formula is C20H30O4. The zero-order chi connectivity index (χ0) is 16.9. The molecule has 0 bridgehead atoms. The first-order valence-electron chi connectivity index (χ1n) is 9.29. The molecule has 0 N–H and O–H groups in total. The molecule has 0 unspecified atom stereocenters. The van der Waals surface area contributed by atoms with Gasteiger partial charge in [0.2, 0.25) is 0 Å². The Morgan fingerprint density at radius 3 is 2.25 bits per heavy atom. The molecule has 0 spiro atoms. The van der Waals surface area contributed by atoms with E-state index in [1.54, 1.807) is 0 Å². The van der Waals surface area contributed by atoms with Crippen molar-refractivity contribution >= 4 is 6.16 Å². The zero-order valence-electron chi connectivity index (χ0n) is 14.6. The van der Waals surface area contributed by atoms with E-state index in [4.69, 9.17) is 14.2 Å². The van der Waals surface area contributed by atoms with Crippen LogP contribution in [0.1, 0.15) is 63.4 Å². The highest BCUT2D eigenvalue weighted by molar-refractivity contribution is 5.61. The van der Waals surface area contributed by atoms with Gasteiger partial charge in [0.25, 0.3) is 0 Å². The largest absolute Gasteiger partial charge is 0.508 e. The summed E-state index contributed by atoms with van der Waals surface area (Å²) in [5, 5.41) is 0. The molecular weight excluding hydrogens is 304 g/mol. The van der Waals surface area contributed by atoms with E-state index in [0.717, 1.165) is 32.5 Å². The number of ether oxygens (including phenoxy) is 3. The molecule has 0 aliphatic carbocycles. The molecule has 1 saturated heterocycles. The van der Waals surface area contributed by atoms with Gasteiger partial charge in [-0.15, -0.1) is 0 Å². The predicted molar refractivity (Wildman–Crippen MR) is 93.9 cm³/mol. The summed E-state index contributed by atoms with van der Waals surface area (Å²) in [5.41, 5.74) is 1.25. The van der Waals surface area contributed by atoms with Crippen molar-refractivity contribution in [2.75, 3.05) is 13.2 Å². The minimum Gasteiger partial charge on any atom is -0.430 e. The van der Waals surface area contributed by atoms with E-state index in [-0.39, 0.29) is 6.10 Å². The molecule has 1 fully saturated rings. The lowest BCUT2D eigenvalue weighted by molar-refractivity contribution is 0.115. The van der Waals surface area contributed by atoms with E-state index < -0.39 is 6.16 Å². The lowest BCUT2D eigenvalue weighted by Gasteiger charge is -2.06. The number of rotatable bonds is 13. The Morgan fingerprint density at radius 1 is 0.917 bits per heavy atom. The van der Waals surface area contributed by atoms with Crippen LogP contribution in [0.15, 0.2) is 30.3 Å². The van der Waals surface area contributed by atoms with E-state index in [0.29, 0.717) is 6.61 Å². The first-order valence-corrected chi connectivity index (χ1v) is 9.29. The second kappa shape index (κ2) is 11.9. The Morgan fingerprint density at radius 2 is 1.58 bits per heavy atom. The average Bonchev–Trinajstić information content (AvgIpc) is 3.02. The second-order valence-corrected chi connectivity index (χ2v) is 6.46. The van der Waals surface area contributed by atoms with Crippen LogP contribution >= 0.6 is 0 Å². The van der Waals surface area contributed by atoms with E-state index in [2.05, 4.69) is 12.1 Å². The van der Waals surface area contributed by atoms with Crippen molar-refractivity contribution in [2.45, 2.75) is 70.5 Å². The van der Waals surface area contributed by atoms with Gasteiger partial charge in [-0.3, -0.25) is 0 Å². The van der Waals surface area contributed by atoms with Gasteiger partial charge in [0.05, 0.1) is 6.61 Å². The fourth-order valence-electron chi connectivity index (χ4n) is 2.91. The highest BCUT2D eigenvalue weighted by atomic mass is 16.8. The summed E-state index contributed by atoms with van der Waals surface area (Å²) >= 11 is 0. The molecule has 0 radical (unpaired) electrons. The normalized spacial score (nSPS) is 16.8. The first-order chi connectivity index (χ1) is 11.8. The maximum Gasteiger partial charge on any atom is 0.508 e. The highest BCUT2D eigenvalue weighted by Crippen LogP contribution is 2.15. The molecule has 2 rings (SSSR count). The summed E-state index contributed by atoms with van der Waals surface area (Å²) in [5.74, 6) is 0. The van der Waals surface area contributed by atoms with Gasteiger partial charge in [0.15, 0.2) is 0 Å². The minimum absolute atomic E-state index is 0.00612. The van der Waals surface area contributed by atoms with Crippen LogP contribution in [-0.4, -0.2) is 25.5 Å². The van der Waals surface area contributed by atoms with Crippen molar-refractivity contribution in [1.29, 1.82) is 0 Å². The Hall–Kier alpha value is -1.55. The highest BCUT2D eigenvalue weighted by Gasteiger charge is 2.23. The van der Waals surface area contributed by atoms with Crippen LogP contribution in [0.4, 0.5) is 4.79 Å². The van der Waals surface area contributed by atoms with Crippen LogP contribution in [-0.2, 0) is 20.8 Å². The molecule has 1 atom stereocenters. The lowest BCUT2D eigenvalue weighted by Crippen LogP contribution is -2.09. The molecule has 1 aliphatic heterocycles. The Bertz CT molecular complexity index is 446. The van der Waals surface area contributed by atoms with Gasteiger partial charge in [0, 0.05) is 6.61 Å². The number of hydrogen-bond acceptors (Lipinski definition) is 4. The molecule has 4 heteroatoms. The molecule has 1 aromatic rings. The second-order valence-electron chi connectivity index (χ2n) is 6.46. The van der Waals surface area contributed by atoms with Gasteiger partial charge in [-0.25, -0.2) is 4.79 Å². The topological polar surface area (TPSA) is 44.8 Å². The Kier molecular flexibility index (Phi) is 9.32. The van der Waals surface area contributed by atoms with Gasteiger partial charge >= 0.3 is 6.16 Å². The third-order valence-corrected chi connectivity index (χ3v) is 4.33. The zero-order valence-corrected chi connectivity index (χ0v) is 14.6. The van der Waals surface area contributed by atoms with Crippen molar-refractivity contribution in [3.05, 3.63) is 35.9 Å². The first kappa shape index (κ1) is 18.8. The molecule has 0 aromatic heterocycles. The van der Waals surface area contributed by atoms with Crippen LogP contribution in [0.25, 0.3) is 0 Å². The summed E-state index contributed by atoms with van der Waals surface area (Å²) in [7, 11) is 0. The molecule has 24 heavy (non-hydrogen) atoms. The lowest BCUT2D eigenvalue weighted by atomic mass is 10.1. The van der Waals surface area contributed by atoms with Crippen molar-refractivity contribution in [2.24, 2.45) is 0 Å². The molecule has 1 heterocycles. The van der Waals surface area contributed by atoms with Crippen LogP contribution in [0, 0.1) is 0 Å². The number of cyclic esters (lactones) is 2. The standard InChI is InChI=1S/C20H30O4/c21-20-23-17-19(24-20)14-10-5-3-1-2-4-6-11-15-22-16-18-12-8-7-9-13-18/h7-9,12-13,19H,1-6,10-11,14-17H2/t19-/m0/s1. The van der Waals surface area contributed by atoms with Crippen LogP contribution < -0.4 is 0 Å². The van der Waals surface area contributed by atoms with Gasteiger partial charge in [-0.2, -0.15) is 0 Å². The van der Waals surface area contributed by atoms with Gasteiger partial charge in [0.1, 0.15) is 12.7 Å². The van der Waals surface area contributed by atoms with Crippen molar-refractivity contribution in [3.63, 3.8) is 0 Å². The fourth-order valence-corrected chi connectivity index (χ4v) is 2.91. The Labute approximate surface area is 145 Å². The SMILES string of the molecule is O=C1OC[C@H](CCCCCCCCCCOCc2ccccc2)O1. The number of carbonyl (C=O) groups is 1. The summed E-state index contributed by atoms with van der Waals surface area (Å²) in [4.78, 5) is 10.8. The van der Waals surface area contributed by atoms with Crippen LogP contribution in [0.3, 0.4) is 0 Å². The summed E-state index contributed by atoms with van der Waals surface area (Å²) in [6.45, 7) is 2.02. The summed E-state index contributed by atoms with van der Waals surface area (Å²) in [6, 6.07) is 10.3. The van der Waals surface area contributed by atoms with E-state index in [1.807, 2.05) is 18.2 Å². The average molecular weight is 334 g/mol. The smallest absolute Gasteiger partial charge is 0.430 e. The van der Waals surface area contributed by atoms with Gasteiger partial charge in [-0.1, -0.05) is 68.9 Å².